The second kappa shape index (κ2) is 5.15. The third kappa shape index (κ3) is 2.74. The first-order valence-electron chi connectivity index (χ1n) is 4.75. The van der Waals surface area contributed by atoms with E-state index in [1.807, 2.05) is 11.4 Å². The van der Waals surface area contributed by atoms with E-state index in [9.17, 15) is 0 Å². The summed E-state index contributed by atoms with van der Waals surface area (Å²) in [5.41, 5.74) is 6.98. The minimum absolute atomic E-state index is 0.143. The molecule has 2 rings (SSSR count). The van der Waals surface area contributed by atoms with Gasteiger partial charge in [-0.1, -0.05) is 29.3 Å². The van der Waals surface area contributed by atoms with Crippen LogP contribution in [0.4, 0.5) is 0 Å². The van der Waals surface area contributed by atoms with E-state index in [0.717, 1.165) is 10.6 Å². The normalized spacial score (nSPS) is 12.7. The molecule has 0 amide bonds. The number of nitrogens with zero attached hydrogens (tertiary/aromatic N) is 1. The Balaban J connectivity index is 2.17. The van der Waals surface area contributed by atoms with Gasteiger partial charge in [-0.2, -0.15) is 0 Å². The van der Waals surface area contributed by atoms with Crippen molar-refractivity contribution in [1.82, 2.24) is 4.98 Å². The molecule has 1 aromatic heterocycles. The average molecular weight is 273 g/mol. The van der Waals surface area contributed by atoms with Crippen molar-refractivity contribution in [2.75, 3.05) is 0 Å². The van der Waals surface area contributed by atoms with E-state index in [1.165, 1.54) is 0 Å². The molecule has 1 unspecified atom stereocenters. The van der Waals surface area contributed by atoms with Crippen molar-refractivity contribution in [2.24, 2.45) is 5.73 Å². The fraction of sp³-hybridized carbons (Fsp3) is 0.182. The van der Waals surface area contributed by atoms with E-state index in [1.54, 1.807) is 29.7 Å². The first kappa shape index (κ1) is 11.9. The standard InChI is InChI=1S/C11H10Cl2N2S/c12-7-1-2-8(9(13)5-7)10(14)6-11-15-3-4-16-11/h1-5,10H,6,14H2. The Morgan fingerprint density at radius 3 is 2.81 bits per heavy atom. The molecular weight excluding hydrogens is 263 g/mol. The quantitative estimate of drug-likeness (QED) is 0.926. The molecule has 0 radical (unpaired) electrons. The largest absolute Gasteiger partial charge is 0.324 e. The fourth-order valence-corrected chi connectivity index (χ4v) is 2.68. The van der Waals surface area contributed by atoms with Gasteiger partial charge in [0.05, 0.1) is 5.01 Å². The van der Waals surface area contributed by atoms with Crippen LogP contribution in [0.25, 0.3) is 0 Å². The summed E-state index contributed by atoms with van der Waals surface area (Å²) >= 11 is 13.5. The molecule has 84 valence electrons. The smallest absolute Gasteiger partial charge is 0.0943 e. The van der Waals surface area contributed by atoms with Crippen LogP contribution >= 0.6 is 34.5 Å². The van der Waals surface area contributed by atoms with Crippen LogP contribution < -0.4 is 5.73 Å². The van der Waals surface area contributed by atoms with Crippen molar-refractivity contribution >= 4 is 34.5 Å². The maximum Gasteiger partial charge on any atom is 0.0943 e. The Hall–Kier alpha value is -0.610. The van der Waals surface area contributed by atoms with Crippen LogP contribution in [0.3, 0.4) is 0 Å². The number of hydrogen-bond acceptors (Lipinski definition) is 3. The molecule has 0 fully saturated rings. The Labute approximate surface area is 108 Å². The number of thiazole rings is 1. The third-order valence-corrected chi connectivity index (χ3v) is 3.60. The lowest BCUT2D eigenvalue weighted by Crippen LogP contribution is -2.13. The molecule has 16 heavy (non-hydrogen) atoms. The number of aromatic nitrogens is 1. The highest BCUT2D eigenvalue weighted by Gasteiger charge is 2.12. The number of hydrogen-bond donors (Lipinski definition) is 1. The molecule has 0 saturated carbocycles. The first-order valence-corrected chi connectivity index (χ1v) is 6.39. The highest BCUT2D eigenvalue weighted by molar-refractivity contribution is 7.09. The molecule has 2 N–H and O–H groups in total. The predicted octanol–water partition coefficient (Wildman–Crippen LogP) is 3.69. The summed E-state index contributed by atoms with van der Waals surface area (Å²) < 4.78 is 0. The summed E-state index contributed by atoms with van der Waals surface area (Å²) in [6, 6.07) is 5.23. The van der Waals surface area contributed by atoms with Gasteiger partial charge in [0, 0.05) is 34.1 Å². The number of benzene rings is 1. The van der Waals surface area contributed by atoms with E-state index in [-0.39, 0.29) is 6.04 Å². The van der Waals surface area contributed by atoms with Gasteiger partial charge in [0.2, 0.25) is 0 Å². The molecular formula is C11H10Cl2N2S. The summed E-state index contributed by atoms with van der Waals surface area (Å²) in [7, 11) is 0. The summed E-state index contributed by atoms with van der Waals surface area (Å²) in [5.74, 6) is 0. The van der Waals surface area contributed by atoms with Gasteiger partial charge < -0.3 is 5.73 Å². The van der Waals surface area contributed by atoms with Crippen LogP contribution in [0, 0.1) is 0 Å². The fourth-order valence-electron chi connectivity index (χ4n) is 1.45. The molecule has 0 aliphatic carbocycles. The van der Waals surface area contributed by atoms with Crippen molar-refractivity contribution < 1.29 is 0 Å². The molecule has 0 aliphatic heterocycles. The maximum absolute atomic E-state index is 6.08. The SMILES string of the molecule is NC(Cc1nccs1)c1ccc(Cl)cc1Cl. The van der Waals surface area contributed by atoms with Crippen LogP contribution in [0.5, 0.6) is 0 Å². The molecule has 2 nitrogen and oxygen atoms in total. The first-order chi connectivity index (χ1) is 7.66. The lowest BCUT2D eigenvalue weighted by Gasteiger charge is -2.12. The second-order valence-electron chi connectivity index (χ2n) is 3.40. The highest BCUT2D eigenvalue weighted by atomic mass is 35.5. The highest BCUT2D eigenvalue weighted by Crippen LogP contribution is 2.27. The van der Waals surface area contributed by atoms with Crippen LogP contribution in [-0.4, -0.2) is 4.98 Å². The van der Waals surface area contributed by atoms with Gasteiger partial charge in [-0.25, -0.2) is 4.98 Å². The van der Waals surface area contributed by atoms with Gasteiger partial charge in [-0.15, -0.1) is 11.3 Å². The Morgan fingerprint density at radius 2 is 2.19 bits per heavy atom. The topological polar surface area (TPSA) is 38.9 Å². The van der Waals surface area contributed by atoms with Crippen molar-refractivity contribution in [3.63, 3.8) is 0 Å². The van der Waals surface area contributed by atoms with Gasteiger partial charge >= 0.3 is 0 Å². The van der Waals surface area contributed by atoms with Crippen LogP contribution in [0.15, 0.2) is 29.8 Å². The third-order valence-electron chi connectivity index (χ3n) is 2.24. The summed E-state index contributed by atoms with van der Waals surface area (Å²) in [5, 5.41) is 4.18. The van der Waals surface area contributed by atoms with Gasteiger partial charge in [0.1, 0.15) is 0 Å². The zero-order valence-electron chi connectivity index (χ0n) is 8.36. The van der Waals surface area contributed by atoms with Gasteiger partial charge in [-0.3, -0.25) is 0 Å². The lowest BCUT2D eigenvalue weighted by molar-refractivity contribution is 0.718. The molecule has 2 aromatic rings. The van der Waals surface area contributed by atoms with E-state index < -0.39 is 0 Å². The van der Waals surface area contributed by atoms with E-state index in [2.05, 4.69) is 4.98 Å². The van der Waals surface area contributed by atoms with Crippen LogP contribution in [0.2, 0.25) is 10.0 Å². The summed E-state index contributed by atoms with van der Waals surface area (Å²) in [6.07, 6.45) is 2.47. The molecule has 0 aliphatic rings. The average Bonchev–Trinajstić information content (AvgIpc) is 2.70. The summed E-state index contributed by atoms with van der Waals surface area (Å²) in [6.45, 7) is 0. The lowest BCUT2D eigenvalue weighted by atomic mass is 10.1. The van der Waals surface area contributed by atoms with Crippen molar-refractivity contribution in [2.45, 2.75) is 12.5 Å². The minimum atomic E-state index is -0.143. The van der Waals surface area contributed by atoms with Crippen molar-refractivity contribution in [3.05, 3.63) is 50.4 Å². The van der Waals surface area contributed by atoms with Gasteiger partial charge in [0.15, 0.2) is 0 Å². The zero-order chi connectivity index (χ0) is 11.5. The van der Waals surface area contributed by atoms with Gasteiger partial charge in [-0.05, 0) is 17.7 Å². The Morgan fingerprint density at radius 1 is 1.38 bits per heavy atom. The minimum Gasteiger partial charge on any atom is -0.324 e. The predicted molar refractivity (Wildman–Crippen MR) is 69.2 cm³/mol. The molecule has 0 spiro atoms. The van der Waals surface area contributed by atoms with E-state index in [4.69, 9.17) is 28.9 Å². The van der Waals surface area contributed by atoms with E-state index in [0.29, 0.717) is 16.5 Å². The maximum atomic E-state index is 6.08. The van der Waals surface area contributed by atoms with Crippen molar-refractivity contribution in [3.8, 4) is 0 Å². The van der Waals surface area contributed by atoms with Crippen LogP contribution in [0.1, 0.15) is 16.6 Å². The second-order valence-corrected chi connectivity index (χ2v) is 5.23. The Bertz CT molecular complexity index is 471. The monoisotopic (exact) mass is 272 g/mol. The van der Waals surface area contributed by atoms with E-state index >= 15 is 0 Å². The van der Waals surface area contributed by atoms with Crippen LogP contribution in [-0.2, 0) is 6.42 Å². The summed E-state index contributed by atoms with van der Waals surface area (Å²) in [4.78, 5) is 4.20. The van der Waals surface area contributed by atoms with Gasteiger partial charge in [0.25, 0.3) is 0 Å². The number of rotatable bonds is 3. The molecule has 5 heteroatoms. The zero-order valence-corrected chi connectivity index (χ0v) is 10.7. The van der Waals surface area contributed by atoms with Crippen molar-refractivity contribution in [1.29, 1.82) is 0 Å². The molecule has 1 heterocycles. The molecule has 1 aromatic carbocycles. The number of halogens is 2. The molecule has 0 saturated heterocycles. The molecule has 1 atom stereocenters. The Kier molecular flexibility index (Phi) is 3.82. The molecule has 0 bridgehead atoms. The number of nitrogens with two attached hydrogens (primary N) is 1.